The van der Waals surface area contributed by atoms with Crippen LogP contribution < -0.4 is 10.8 Å². The van der Waals surface area contributed by atoms with Gasteiger partial charge in [0, 0.05) is 55.6 Å². The number of rotatable bonds is 6. The van der Waals surface area contributed by atoms with E-state index in [4.69, 9.17) is 19.4 Å². The Morgan fingerprint density at radius 3 is 2.75 bits per heavy atom. The summed E-state index contributed by atoms with van der Waals surface area (Å²) in [5.41, 5.74) is 2.85. The van der Waals surface area contributed by atoms with Crippen molar-refractivity contribution in [2.75, 3.05) is 51.6 Å². The van der Waals surface area contributed by atoms with Crippen molar-refractivity contribution in [3.8, 4) is 11.3 Å². The van der Waals surface area contributed by atoms with Crippen LogP contribution in [0.2, 0.25) is 5.02 Å². The van der Waals surface area contributed by atoms with Crippen molar-refractivity contribution in [2.45, 2.75) is 6.42 Å². The van der Waals surface area contributed by atoms with Gasteiger partial charge in [-0.3, -0.25) is 0 Å². The number of fused-ring (bicyclic) bond motifs is 1. The Morgan fingerprint density at radius 2 is 1.96 bits per heavy atom. The van der Waals surface area contributed by atoms with Crippen molar-refractivity contribution in [3.05, 3.63) is 41.6 Å². The quantitative estimate of drug-likeness (QED) is 0.511. The number of hydrogen-bond donors (Lipinski definition) is 1. The van der Waals surface area contributed by atoms with Crippen molar-refractivity contribution >= 4 is 36.4 Å². The van der Waals surface area contributed by atoms with Crippen LogP contribution in [0.3, 0.4) is 0 Å². The molecular weight excluding hydrogens is 371 g/mol. The van der Waals surface area contributed by atoms with Gasteiger partial charge >= 0.3 is 0 Å². The molecular formula is C20H24BClN6. The average Bonchev–Trinajstić information content (AvgIpc) is 3.08. The van der Waals surface area contributed by atoms with Crippen LogP contribution in [0.1, 0.15) is 6.42 Å². The van der Waals surface area contributed by atoms with E-state index in [-0.39, 0.29) is 0 Å². The van der Waals surface area contributed by atoms with E-state index in [0.29, 0.717) is 16.1 Å². The lowest BCUT2D eigenvalue weighted by Crippen LogP contribution is -2.44. The molecule has 4 rings (SSSR count). The van der Waals surface area contributed by atoms with Crippen molar-refractivity contribution in [2.24, 2.45) is 0 Å². The molecule has 1 aromatic carbocycles. The zero-order valence-electron chi connectivity index (χ0n) is 16.1. The van der Waals surface area contributed by atoms with Crippen molar-refractivity contribution in [3.63, 3.8) is 0 Å². The fraction of sp³-hybridized carbons (Fsp3) is 0.400. The van der Waals surface area contributed by atoms with Crippen LogP contribution in [0, 0.1) is 0 Å². The molecule has 0 aliphatic carbocycles. The number of anilines is 1. The number of hydrogen-bond acceptors (Lipinski definition) is 5. The smallest absolute Gasteiger partial charge is 0.150 e. The van der Waals surface area contributed by atoms with Gasteiger partial charge in [0.1, 0.15) is 13.7 Å². The molecule has 1 aliphatic rings. The number of nitrogens with one attached hydrogen (secondary N) is 1. The third kappa shape index (κ3) is 4.16. The summed E-state index contributed by atoms with van der Waals surface area (Å²) in [5.74, 6) is 0.870. The minimum atomic E-state index is 0.550. The topological polar surface area (TPSA) is 48.7 Å². The van der Waals surface area contributed by atoms with Crippen molar-refractivity contribution in [1.29, 1.82) is 0 Å². The first kappa shape index (κ1) is 19.2. The number of nitrogens with zero attached hydrogens (tertiary/aromatic N) is 5. The molecule has 0 unspecified atom stereocenters. The first-order valence-corrected chi connectivity index (χ1v) is 10.0. The van der Waals surface area contributed by atoms with Gasteiger partial charge in [0.05, 0.1) is 5.69 Å². The van der Waals surface area contributed by atoms with Crippen LogP contribution >= 0.6 is 11.6 Å². The molecule has 0 amide bonds. The molecule has 0 bridgehead atoms. The van der Waals surface area contributed by atoms with Crippen LogP contribution in [-0.2, 0) is 0 Å². The molecule has 2 radical (unpaired) electrons. The molecule has 144 valence electrons. The van der Waals surface area contributed by atoms with Crippen LogP contribution in [0.5, 0.6) is 0 Å². The second-order valence-corrected chi connectivity index (χ2v) is 7.67. The van der Waals surface area contributed by atoms with Gasteiger partial charge in [0.25, 0.3) is 0 Å². The third-order valence-electron chi connectivity index (χ3n) is 5.20. The zero-order valence-corrected chi connectivity index (χ0v) is 16.9. The molecule has 0 atom stereocenters. The Labute approximate surface area is 171 Å². The molecule has 28 heavy (non-hydrogen) atoms. The highest BCUT2D eigenvalue weighted by Crippen LogP contribution is 2.28. The molecule has 1 fully saturated rings. The SMILES string of the molecule is [B]c1cnn2c(NCCCN3CCN(C)CC3)cc(-c3ccccc3Cl)nc12. The first-order chi connectivity index (χ1) is 13.6. The Balaban J connectivity index is 1.49. The van der Waals surface area contributed by atoms with Gasteiger partial charge in [-0.15, -0.1) is 0 Å². The summed E-state index contributed by atoms with van der Waals surface area (Å²) in [7, 11) is 8.26. The van der Waals surface area contributed by atoms with E-state index in [2.05, 4.69) is 32.2 Å². The molecule has 2 aromatic heterocycles. The Morgan fingerprint density at radius 1 is 1.18 bits per heavy atom. The zero-order chi connectivity index (χ0) is 19.5. The van der Waals surface area contributed by atoms with Gasteiger partial charge in [-0.2, -0.15) is 9.61 Å². The highest BCUT2D eigenvalue weighted by Gasteiger charge is 2.14. The summed E-state index contributed by atoms with van der Waals surface area (Å²) in [6, 6.07) is 9.68. The van der Waals surface area contributed by atoms with Crippen LogP contribution in [-0.4, -0.2) is 78.6 Å². The lowest BCUT2D eigenvalue weighted by atomic mass is 10.0. The number of piperazine rings is 1. The molecule has 1 saturated heterocycles. The van der Waals surface area contributed by atoms with Gasteiger partial charge in [0.2, 0.25) is 0 Å². The van der Waals surface area contributed by atoms with Crippen molar-refractivity contribution < 1.29 is 0 Å². The first-order valence-electron chi connectivity index (χ1n) is 9.66. The summed E-state index contributed by atoms with van der Waals surface area (Å²) >= 11 is 6.38. The summed E-state index contributed by atoms with van der Waals surface area (Å²) in [4.78, 5) is 9.57. The number of benzene rings is 1. The molecule has 3 aromatic rings. The van der Waals surface area contributed by atoms with Gasteiger partial charge < -0.3 is 15.1 Å². The van der Waals surface area contributed by atoms with E-state index >= 15 is 0 Å². The summed E-state index contributed by atoms with van der Waals surface area (Å²) in [6.45, 7) is 6.52. The minimum Gasteiger partial charge on any atom is -0.370 e. The Hall–Kier alpha value is -2.09. The number of aromatic nitrogens is 3. The molecule has 3 heterocycles. The van der Waals surface area contributed by atoms with Crippen LogP contribution in [0.25, 0.3) is 16.9 Å². The number of likely N-dealkylation sites (N-methyl/N-ethyl adjacent to an activating group) is 1. The largest absolute Gasteiger partial charge is 0.370 e. The van der Waals surface area contributed by atoms with Crippen LogP contribution in [0.15, 0.2) is 36.5 Å². The predicted octanol–water partition coefficient (Wildman–Crippen LogP) is 1.89. The maximum absolute atomic E-state index is 6.38. The number of halogens is 1. The maximum atomic E-state index is 6.38. The second kappa shape index (κ2) is 8.51. The highest BCUT2D eigenvalue weighted by atomic mass is 35.5. The summed E-state index contributed by atoms with van der Waals surface area (Å²) < 4.78 is 1.76. The normalized spacial score (nSPS) is 15.9. The fourth-order valence-electron chi connectivity index (χ4n) is 3.50. The standard InChI is InChI=1S/C20H24BClN6/c1-26-9-11-27(12-10-26)8-4-7-23-19-13-18(15-5-2-3-6-17(15)22)25-20-16(21)14-24-28(19)20/h2-3,5-6,13-14,23H,4,7-12H2,1H3. The van der Waals surface area contributed by atoms with E-state index in [1.54, 1.807) is 10.7 Å². The molecule has 1 aliphatic heterocycles. The highest BCUT2D eigenvalue weighted by molar-refractivity contribution is 6.36. The van der Waals surface area contributed by atoms with Gasteiger partial charge in [-0.05, 0) is 31.5 Å². The van der Waals surface area contributed by atoms with Gasteiger partial charge in [-0.1, -0.05) is 29.8 Å². The Bertz CT molecular complexity index is 951. The lowest BCUT2D eigenvalue weighted by molar-refractivity contribution is 0.154. The van der Waals surface area contributed by atoms with Crippen molar-refractivity contribution in [1.82, 2.24) is 24.4 Å². The molecule has 0 spiro atoms. The second-order valence-electron chi connectivity index (χ2n) is 7.27. The van der Waals surface area contributed by atoms with E-state index in [1.807, 2.05) is 30.3 Å². The fourth-order valence-corrected chi connectivity index (χ4v) is 3.74. The predicted molar refractivity (Wildman–Crippen MR) is 116 cm³/mol. The van der Waals surface area contributed by atoms with E-state index in [9.17, 15) is 0 Å². The monoisotopic (exact) mass is 394 g/mol. The van der Waals surface area contributed by atoms with Gasteiger partial charge in [0.15, 0.2) is 5.65 Å². The van der Waals surface area contributed by atoms with Crippen LogP contribution in [0.4, 0.5) is 5.82 Å². The van der Waals surface area contributed by atoms with E-state index in [0.717, 1.165) is 62.8 Å². The maximum Gasteiger partial charge on any atom is 0.150 e. The minimum absolute atomic E-state index is 0.550. The third-order valence-corrected chi connectivity index (χ3v) is 5.53. The molecule has 1 N–H and O–H groups in total. The summed E-state index contributed by atoms with van der Waals surface area (Å²) in [6.07, 6.45) is 2.69. The molecule has 6 nitrogen and oxygen atoms in total. The molecule has 8 heteroatoms. The van der Waals surface area contributed by atoms with E-state index in [1.165, 1.54) is 0 Å². The molecule has 0 saturated carbocycles. The van der Waals surface area contributed by atoms with E-state index < -0.39 is 0 Å². The average molecular weight is 395 g/mol. The lowest BCUT2D eigenvalue weighted by Gasteiger charge is -2.32. The summed E-state index contributed by atoms with van der Waals surface area (Å²) in [5, 5.41) is 8.54. The van der Waals surface area contributed by atoms with Gasteiger partial charge in [-0.25, -0.2) is 4.98 Å². The Kier molecular flexibility index (Phi) is 5.85.